The highest BCUT2D eigenvalue weighted by Crippen LogP contribution is 1.88. The normalized spacial score (nSPS) is 10.8. The molecule has 5 nitrogen and oxygen atoms in total. The van der Waals surface area contributed by atoms with Crippen molar-refractivity contribution in [1.82, 2.24) is 25.1 Å². The van der Waals surface area contributed by atoms with Gasteiger partial charge in [0.15, 0.2) is 0 Å². The van der Waals surface area contributed by atoms with Gasteiger partial charge in [-0.15, -0.1) is 5.10 Å². The molecular weight excluding hydrogens is 130 g/mol. The van der Waals surface area contributed by atoms with E-state index in [1.54, 1.807) is 4.68 Å². The molecule has 1 aromatic heterocycles. The molecule has 0 N–H and O–H groups in total. The second kappa shape index (κ2) is 2.74. The summed E-state index contributed by atoms with van der Waals surface area (Å²) in [5.41, 5.74) is 0. The number of aromatic nitrogens is 4. The highest BCUT2D eigenvalue weighted by atomic mass is 15.6. The number of aryl methyl sites for hydroxylation is 1. The van der Waals surface area contributed by atoms with Crippen LogP contribution in [0, 0.1) is 6.92 Å². The lowest BCUT2D eigenvalue weighted by Gasteiger charge is -2.08. The highest BCUT2D eigenvalue weighted by molar-refractivity contribution is 4.71. The summed E-state index contributed by atoms with van der Waals surface area (Å²) in [6.07, 6.45) is 0. The molecule has 0 atom stereocenters. The van der Waals surface area contributed by atoms with E-state index in [1.165, 1.54) is 0 Å². The minimum absolute atomic E-state index is 0.735. The maximum Gasteiger partial charge on any atom is 0.149 e. The fourth-order valence-corrected chi connectivity index (χ4v) is 0.648. The van der Waals surface area contributed by atoms with Crippen molar-refractivity contribution in [2.75, 3.05) is 14.1 Å². The molecule has 1 aromatic rings. The molecule has 1 heterocycles. The highest BCUT2D eigenvalue weighted by Gasteiger charge is 1.98. The van der Waals surface area contributed by atoms with Crippen molar-refractivity contribution in [3.8, 4) is 0 Å². The summed E-state index contributed by atoms with van der Waals surface area (Å²) in [5, 5.41) is 11.0. The molecule has 10 heavy (non-hydrogen) atoms. The van der Waals surface area contributed by atoms with Crippen molar-refractivity contribution in [1.29, 1.82) is 0 Å². The quantitative estimate of drug-likeness (QED) is 0.557. The molecule has 0 saturated carbocycles. The van der Waals surface area contributed by atoms with Crippen molar-refractivity contribution in [3.63, 3.8) is 0 Å². The van der Waals surface area contributed by atoms with E-state index in [9.17, 15) is 0 Å². The van der Waals surface area contributed by atoms with Gasteiger partial charge in [0, 0.05) is 0 Å². The Kier molecular flexibility index (Phi) is 1.96. The van der Waals surface area contributed by atoms with Gasteiger partial charge in [-0.1, -0.05) is 0 Å². The predicted molar refractivity (Wildman–Crippen MR) is 36.2 cm³/mol. The first-order valence-electron chi connectivity index (χ1n) is 3.07. The van der Waals surface area contributed by atoms with Gasteiger partial charge in [-0.3, -0.25) is 4.90 Å². The van der Waals surface area contributed by atoms with Crippen LogP contribution in [-0.4, -0.2) is 39.2 Å². The summed E-state index contributed by atoms with van der Waals surface area (Å²) < 4.78 is 1.74. The first kappa shape index (κ1) is 7.14. The van der Waals surface area contributed by atoms with E-state index in [1.807, 2.05) is 25.9 Å². The Balaban J connectivity index is 2.65. The van der Waals surface area contributed by atoms with Crippen molar-refractivity contribution in [2.24, 2.45) is 0 Å². The van der Waals surface area contributed by atoms with E-state index < -0.39 is 0 Å². The van der Waals surface area contributed by atoms with Crippen LogP contribution in [0.25, 0.3) is 0 Å². The third-order valence-electron chi connectivity index (χ3n) is 1.13. The van der Waals surface area contributed by atoms with E-state index in [0.29, 0.717) is 0 Å². The van der Waals surface area contributed by atoms with Gasteiger partial charge >= 0.3 is 0 Å². The molecule has 0 aliphatic carbocycles. The fraction of sp³-hybridized carbons (Fsp3) is 0.800. The lowest BCUT2D eigenvalue weighted by atomic mass is 10.7. The topological polar surface area (TPSA) is 46.8 Å². The zero-order chi connectivity index (χ0) is 7.56. The van der Waals surface area contributed by atoms with Crippen molar-refractivity contribution >= 4 is 0 Å². The second-order valence-electron chi connectivity index (χ2n) is 2.45. The van der Waals surface area contributed by atoms with E-state index in [2.05, 4.69) is 15.5 Å². The molecule has 0 aliphatic rings. The third-order valence-corrected chi connectivity index (χ3v) is 1.13. The minimum atomic E-state index is 0.735. The molecule has 5 heteroatoms. The summed E-state index contributed by atoms with van der Waals surface area (Å²) in [5.74, 6) is 0.841. The molecule has 0 radical (unpaired) electrons. The molecule has 0 bridgehead atoms. The number of nitrogens with zero attached hydrogens (tertiary/aromatic N) is 5. The lowest BCUT2D eigenvalue weighted by molar-refractivity contribution is 0.299. The lowest BCUT2D eigenvalue weighted by Crippen LogP contribution is -2.18. The van der Waals surface area contributed by atoms with Crippen LogP contribution < -0.4 is 0 Å². The summed E-state index contributed by atoms with van der Waals surface area (Å²) in [7, 11) is 3.95. The molecule has 0 amide bonds. The first-order valence-corrected chi connectivity index (χ1v) is 3.07. The number of tetrazole rings is 1. The van der Waals surface area contributed by atoms with Gasteiger partial charge in [-0.05, 0) is 31.4 Å². The van der Waals surface area contributed by atoms with Crippen molar-refractivity contribution in [3.05, 3.63) is 5.82 Å². The average Bonchev–Trinajstić information content (AvgIpc) is 2.15. The van der Waals surface area contributed by atoms with E-state index in [0.717, 1.165) is 12.5 Å². The molecular formula is C5H11N5. The molecule has 1 rings (SSSR count). The Labute approximate surface area is 59.6 Å². The predicted octanol–water partition coefficient (Wildman–Crippen LogP) is -0.499. The van der Waals surface area contributed by atoms with Crippen molar-refractivity contribution in [2.45, 2.75) is 13.6 Å². The molecule has 56 valence electrons. The Bertz CT molecular complexity index is 204. The summed E-state index contributed by atoms with van der Waals surface area (Å²) >= 11 is 0. The number of rotatable bonds is 2. The van der Waals surface area contributed by atoms with Gasteiger partial charge in [0.1, 0.15) is 5.82 Å². The van der Waals surface area contributed by atoms with Gasteiger partial charge in [0.05, 0.1) is 6.67 Å². The average molecular weight is 141 g/mol. The van der Waals surface area contributed by atoms with Crippen LogP contribution in [0.2, 0.25) is 0 Å². The molecule has 0 saturated heterocycles. The van der Waals surface area contributed by atoms with Crippen LogP contribution in [0.5, 0.6) is 0 Å². The van der Waals surface area contributed by atoms with E-state index in [-0.39, 0.29) is 0 Å². The first-order chi connectivity index (χ1) is 4.70. The van der Waals surface area contributed by atoms with Crippen LogP contribution in [0.3, 0.4) is 0 Å². The van der Waals surface area contributed by atoms with Gasteiger partial charge in [-0.2, -0.15) is 0 Å². The maximum atomic E-state index is 3.77. The summed E-state index contributed by atoms with van der Waals surface area (Å²) in [4.78, 5) is 2.00. The maximum absolute atomic E-state index is 3.77. The zero-order valence-electron chi connectivity index (χ0n) is 6.44. The summed E-state index contributed by atoms with van der Waals surface area (Å²) in [6, 6.07) is 0. The number of hydrogen-bond acceptors (Lipinski definition) is 4. The van der Waals surface area contributed by atoms with Gasteiger partial charge in [0.2, 0.25) is 0 Å². The molecule has 0 aromatic carbocycles. The molecule has 0 fully saturated rings. The third kappa shape index (κ3) is 1.51. The van der Waals surface area contributed by atoms with Gasteiger partial charge in [-0.25, -0.2) is 4.68 Å². The Morgan fingerprint density at radius 3 is 2.60 bits per heavy atom. The fourth-order valence-electron chi connectivity index (χ4n) is 0.648. The van der Waals surface area contributed by atoms with Crippen LogP contribution in [0.4, 0.5) is 0 Å². The standard InChI is InChI=1S/C5H11N5/c1-5-6-7-8-10(5)4-9(2)3/h4H2,1-3H3. The van der Waals surface area contributed by atoms with Crippen LogP contribution in [0.1, 0.15) is 5.82 Å². The van der Waals surface area contributed by atoms with Crippen molar-refractivity contribution < 1.29 is 0 Å². The van der Waals surface area contributed by atoms with Gasteiger partial charge < -0.3 is 0 Å². The second-order valence-corrected chi connectivity index (χ2v) is 2.45. The van der Waals surface area contributed by atoms with Crippen LogP contribution >= 0.6 is 0 Å². The molecule has 0 unspecified atom stereocenters. The van der Waals surface area contributed by atoms with Gasteiger partial charge in [0.25, 0.3) is 0 Å². The Morgan fingerprint density at radius 1 is 1.50 bits per heavy atom. The van der Waals surface area contributed by atoms with E-state index >= 15 is 0 Å². The monoisotopic (exact) mass is 141 g/mol. The van der Waals surface area contributed by atoms with Crippen LogP contribution in [0.15, 0.2) is 0 Å². The molecule has 0 aliphatic heterocycles. The van der Waals surface area contributed by atoms with E-state index in [4.69, 9.17) is 0 Å². The smallest absolute Gasteiger partial charge is 0.149 e. The molecule has 0 spiro atoms. The Hall–Kier alpha value is -0.970. The Morgan fingerprint density at radius 2 is 2.20 bits per heavy atom. The summed E-state index contributed by atoms with van der Waals surface area (Å²) in [6.45, 7) is 2.61. The largest absolute Gasteiger partial charge is 0.290 e. The minimum Gasteiger partial charge on any atom is -0.290 e. The number of hydrogen-bond donors (Lipinski definition) is 0. The SMILES string of the molecule is Cc1nnnn1CN(C)C. The van der Waals surface area contributed by atoms with Crippen LogP contribution in [-0.2, 0) is 6.67 Å². The zero-order valence-corrected chi connectivity index (χ0v) is 6.44.